The molecule has 1 rings (SSSR count). The van der Waals surface area contributed by atoms with Gasteiger partial charge in [-0.25, -0.2) is 5.48 Å². The molecule has 0 atom stereocenters. The van der Waals surface area contributed by atoms with Crippen LogP contribution < -0.4 is 16.9 Å². The second-order valence-electron chi connectivity index (χ2n) is 2.84. The van der Waals surface area contributed by atoms with Crippen LogP contribution in [0.2, 0.25) is 0 Å². The van der Waals surface area contributed by atoms with Crippen LogP contribution in [-0.2, 0) is 16.2 Å². The molecule has 5 N–H and O–H groups in total. The van der Waals surface area contributed by atoms with Crippen LogP contribution in [0.4, 0.5) is 0 Å². The molecule has 2 amide bonds. The standard InChI is InChI=1S/C7H12N6O3/c8-1-2-13-3-5(10-12-13)7(15)11-16-4-6(9)14/h3H,1-2,4,8H2,(H2,9,14)(H,11,15). The normalized spacial score (nSPS) is 10.1. The summed E-state index contributed by atoms with van der Waals surface area (Å²) in [6, 6.07) is 0. The van der Waals surface area contributed by atoms with Crippen molar-refractivity contribution in [3.63, 3.8) is 0 Å². The lowest BCUT2D eigenvalue weighted by Crippen LogP contribution is -2.29. The Morgan fingerprint density at radius 2 is 2.31 bits per heavy atom. The Morgan fingerprint density at radius 3 is 2.94 bits per heavy atom. The van der Waals surface area contributed by atoms with Crippen LogP contribution in [-0.4, -0.2) is 40.0 Å². The van der Waals surface area contributed by atoms with Gasteiger partial charge in [0.1, 0.15) is 0 Å². The Labute approximate surface area is 90.7 Å². The maximum absolute atomic E-state index is 11.3. The highest BCUT2D eigenvalue weighted by atomic mass is 16.7. The van der Waals surface area contributed by atoms with Crippen molar-refractivity contribution in [1.82, 2.24) is 20.5 Å². The lowest BCUT2D eigenvalue weighted by molar-refractivity contribution is -0.124. The van der Waals surface area contributed by atoms with Gasteiger partial charge in [0, 0.05) is 6.54 Å². The molecular formula is C7H12N6O3. The molecule has 0 aromatic carbocycles. The highest BCUT2D eigenvalue weighted by Gasteiger charge is 2.10. The van der Waals surface area contributed by atoms with E-state index in [2.05, 4.69) is 15.1 Å². The Kier molecular flexibility index (Phi) is 4.36. The minimum absolute atomic E-state index is 0.0675. The lowest BCUT2D eigenvalue weighted by Gasteiger charge is -2.00. The largest absolute Gasteiger partial charge is 0.368 e. The SMILES string of the molecule is NCCn1cc(C(=O)NOCC(N)=O)nn1. The van der Waals surface area contributed by atoms with E-state index >= 15 is 0 Å². The van der Waals surface area contributed by atoms with Gasteiger partial charge in [-0.3, -0.25) is 19.1 Å². The summed E-state index contributed by atoms with van der Waals surface area (Å²) in [7, 11) is 0. The van der Waals surface area contributed by atoms with Crippen LogP contribution in [0.3, 0.4) is 0 Å². The van der Waals surface area contributed by atoms with E-state index in [9.17, 15) is 9.59 Å². The van der Waals surface area contributed by atoms with Crippen LogP contribution in [0.5, 0.6) is 0 Å². The van der Waals surface area contributed by atoms with Crippen molar-refractivity contribution in [2.45, 2.75) is 6.54 Å². The predicted octanol–water partition coefficient (Wildman–Crippen LogP) is -2.62. The van der Waals surface area contributed by atoms with Crippen molar-refractivity contribution >= 4 is 11.8 Å². The van der Waals surface area contributed by atoms with Gasteiger partial charge in [0.15, 0.2) is 12.3 Å². The first-order valence-electron chi connectivity index (χ1n) is 4.44. The first-order valence-corrected chi connectivity index (χ1v) is 4.44. The highest BCUT2D eigenvalue weighted by Crippen LogP contribution is 1.92. The van der Waals surface area contributed by atoms with Crippen molar-refractivity contribution in [2.24, 2.45) is 11.5 Å². The summed E-state index contributed by atoms with van der Waals surface area (Å²) in [5, 5.41) is 7.23. The fourth-order valence-electron chi connectivity index (χ4n) is 0.869. The number of amides is 2. The van der Waals surface area contributed by atoms with E-state index in [0.717, 1.165) is 0 Å². The first kappa shape index (κ1) is 12.1. The molecule has 0 aliphatic heterocycles. The smallest absolute Gasteiger partial charge is 0.297 e. The number of carbonyl (C=O) groups is 2. The number of primary amides is 1. The molecule has 0 unspecified atom stereocenters. The summed E-state index contributed by atoms with van der Waals surface area (Å²) in [5.41, 5.74) is 12.2. The second-order valence-corrected chi connectivity index (χ2v) is 2.84. The van der Waals surface area contributed by atoms with Gasteiger partial charge in [0.25, 0.3) is 5.91 Å². The maximum Gasteiger partial charge on any atom is 0.297 e. The number of carbonyl (C=O) groups excluding carboxylic acids is 2. The van der Waals surface area contributed by atoms with E-state index in [4.69, 9.17) is 11.5 Å². The average Bonchev–Trinajstić information content (AvgIpc) is 2.66. The molecule has 0 aliphatic carbocycles. The quantitative estimate of drug-likeness (QED) is 0.456. The van der Waals surface area contributed by atoms with Crippen molar-refractivity contribution in [3.8, 4) is 0 Å². The van der Waals surface area contributed by atoms with Crippen molar-refractivity contribution < 1.29 is 14.4 Å². The second kappa shape index (κ2) is 5.78. The fourth-order valence-corrected chi connectivity index (χ4v) is 0.869. The molecule has 9 heteroatoms. The van der Waals surface area contributed by atoms with Crippen molar-refractivity contribution in [2.75, 3.05) is 13.2 Å². The van der Waals surface area contributed by atoms with E-state index in [-0.39, 0.29) is 5.69 Å². The molecule has 0 spiro atoms. The molecule has 0 bridgehead atoms. The summed E-state index contributed by atoms with van der Waals surface area (Å²) in [5.74, 6) is -1.29. The number of hydroxylamine groups is 1. The van der Waals surface area contributed by atoms with Gasteiger partial charge in [-0.15, -0.1) is 5.10 Å². The van der Waals surface area contributed by atoms with Crippen LogP contribution in [0, 0.1) is 0 Å². The Hall–Kier alpha value is -2.00. The molecule has 9 nitrogen and oxygen atoms in total. The van der Waals surface area contributed by atoms with Gasteiger partial charge < -0.3 is 11.5 Å². The number of hydrogen-bond acceptors (Lipinski definition) is 6. The van der Waals surface area contributed by atoms with Gasteiger partial charge in [0.2, 0.25) is 5.91 Å². The Balaban J connectivity index is 2.43. The zero-order valence-electron chi connectivity index (χ0n) is 8.42. The van der Waals surface area contributed by atoms with Gasteiger partial charge in [-0.1, -0.05) is 5.21 Å². The van der Waals surface area contributed by atoms with Gasteiger partial charge in [-0.2, -0.15) is 0 Å². The molecule has 0 aliphatic rings. The van der Waals surface area contributed by atoms with E-state index in [1.807, 2.05) is 5.48 Å². The van der Waals surface area contributed by atoms with Crippen LogP contribution in [0.15, 0.2) is 6.20 Å². The maximum atomic E-state index is 11.3. The summed E-state index contributed by atoms with van der Waals surface area (Å²) in [6.45, 7) is 0.452. The van der Waals surface area contributed by atoms with Crippen LogP contribution >= 0.6 is 0 Å². The zero-order chi connectivity index (χ0) is 12.0. The minimum Gasteiger partial charge on any atom is -0.368 e. The Bertz CT molecular complexity index is 376. The summed E-state index contributed by atoms with van der Waals surface area (Å²) in [6.07, 6.45) is 1.41. The van der Waals surface area contributed by atoms with Crippen molar-refractivity contribution in [1.29, 1.82) is 0 Å². The average molecular weight is 228 g/mol. The molecule has 88 valence electrons. The third-order valence-electron chi connectivity index (χ3n) is 1.51. The molecule has 0 fully saturated rings. The van der Waals surface area contributed by atoms with Gasteiger partial charge >= 0.3 is 0 Å². The monoisotopic (exact) mass is 228 g/mol. The molecular weight excluding hydrogens is 216 g/mol. The van der Waals surface area contributed by atoms with E-state index in [1.165, 1.54) is 10.9 Å². The van der Waals surface area contributed by atoms with Crippen molar-refractivity contribution in [3.05, 3.63) is 11.9 Å². The first-order chi connectivity index (χ1) is 7.63. The lowest BCUT2D eigenvalue weighted by atomic mass is 10.4. The molecule has 0 saturated heterocycles. The third kappa shape index (κ3) is 3.63. The molecule has 16 heavy (non-hydrogen) atoms. The number of nitrogens with zero attached hydrogens (tertiary/aromatic N) is 3. The van der Waals surface area contributed by atoms with Crippen LogP contribution in [0.1, 0.15) is 10.5 Å². The number of nitrogens with one attached hydrogen (secondary N) is 1. The topological polar surface area (TPSA) is 138 Å². The molecule has 0 saturated carbocycles. The summed E-state index contributed by atoms with van der Waals surface area (Å²) >= 11 is 0. The van der Waals surface area contributed by atoms with E-state index < -0.39 is 18.4 Å². The molecule has 1 aromatic heterocycles. The van der Waals surface area contributed by atoms with Crippen LogP contribution in [0.25, 0.3) is 0 Å². The number of nitrogens with two attached hydrogens (primary N) is 2. The molecule has 0 radical (unpaired) electrons. The number of rotatable bonds is 6. The summed E-state index contributed by atoms with van der Waals surface area (Å²) in [4.78, 5) is 26.1. The zero-order valence-corrected chi connectivity index (χ0v) is 8.42. The number of aromatic nitrogens is 3. The Morgan fingerprint density at radius 1 is 1.56 bits per heavy atom. The van der Waals surface area contributed by atoms with Gasteiger partial charge in [0.05, 0.1) is 12.7 Å². The fraction of sp³-hybridized carbons (Fsp3) is 0.429. The minimum atomic E-state index is -0.688. The highest BCUT2D eigenvalue weighted by molar-refractivity contribution is 5.91. The molecule has 1 aromatic rings. The summed E-state index contributed by atoms with van der Waals surface area (Å²) < 4.78 is 1.42. The predicted molar refractivity (Wildman–Crippen MR) is 51.7 cm³/mol. The van der Waals surface area contributed by atoms with E-state index in [0.29, 0.717) is 13.1 Å². The molecule has 1 heterocycles. The van der Waals surface area contributed by atoms with E-state index in [1.54, 1.807) is 0 Å². The number of hydrogen-bond donors (Lipinski definition) is 3. The third-order valence-corrected chi connectivity index (χ3v) is 1.51. The van der Waals surface area contributed by atoms with Gasteiger partial charge in [-0.05, 0) is 0 Å².